The molecule has 112 valence electrons. The maximum Gasteiger partial charge on any atom is 0.328 e. The van der Waals surface area contributed by atoms with E-state index in [1.165, 1.54) is 36.7 Å². The number of thiophene rings is 1. The van der Waals surface area contributed by atoms with Gasteiger partial charge in [0.15, 0.2) is 0 Å². The lowest BCUT2D eigenvalue weighted by molar-refractivity contribution is -0.131. The van der Waals surface area contributed by atoms with Crippen LogP contribution < -0.4 is 0 Å². The van der Waals surface area contributed by atoms with Gasteiger partial charge in [-0.25, -0.2) is 4.79 Å². The quantitative estimate of drug-likeness (QED) is 0.872. The van der Waals surface area contributed by atoms with E-state index in [0.717, 1.165) is 30.3 Å². The summed E-state index contributed by atoms with van der Waals surface area (Å²) >= 11 is 1.41. The van der Waals surface area contributed by atoms with Gasteiger partial charge < -0.3 is 10.0 Å². The zero-order valence-electron chi connectivity index (χ0n) is 11.8. The summed E-state index contributed by atoms with van der Waals surface area (Å²) in [4.78, 5) is 26.0. The molecule has 1 saturated heterocycles. The normalized spacial score (nSPS) is 25.2. The van der Waals surface area contributed by atoms with E-state index in [9.17, 15) is 9.59 Å². The number of hydrogen-bond acceptors (Lipinski definition) is 3. The molecule has 1 aliphatic heterocycles. The summed E-state index contributed by atoms with van der Waals surface area (Å²) in [5.74, 6) is -0.177. The SMILES string of the molecule is O=C(O)/C=C/c1cc(C(=O)N2CCC3CCCCC32)cs1. The van der Waals surface area contributed by atoms with Crippen LogP contribution in [-0.2, 0) is 4.79 Å². The lowest BCUT2D eigenvalue weighted by atomic mass is 9.85. The number of carbonyl (C=O) groups excluding carboxylic acids is 1. The molecule has 2 aliphatic rings. The van der Waals surface area contributed by atoms with E-state index >= 15 is 0 Å². The summed E-state index contributed by atoms with van der Waals surface area (Å²) in [5.41, 5.74) is 0.691. The van der Waals surface area contributed by atoms with Gasteiger partial charge in [-0.05, 0) is 37.3 Å². The van der Waals surface area contributed by atoms with Crippen molar-refractivity contribution in [1.29, 1.82) is 0 Å². The second-order valence-corrected chi connectivity index (χ2v) is 6.75. The Morgan fingerprint density at radius 1 is 1.29 bits per heavy atom. The average molecular weight is 305 g/mol. The maximum absolute atomic E-state index is 12.6. The molecular formula is C16H19NO3S. The van der Waals surface area contributed by atoms with Crippen molar-refractivity contribution in [2.75, 3.05) is 6.54 Å². The molecular weight excluding hydrogens is 286 g/mol. The molecule has 0 spiro atoms. The van der Waals surface area contributed by atoms with Crippen molar-refractivity contribution in [3.05, 3.63) is 28.0 Å². The number of nitrogens with zero attached hydrogens (tertiary/aromatic N) is 1. The number of aliphatic carboxylic acids is 1. The number of amides is 1. The second-order valence-electron chi connectivity index (χ2n) is 5.81. The fourth-order valence-electron chi connectivity index (χ4n) is 3.53. The number of likely N-dealkylation sites (tertiary alicyclic amines) is 1. The topological polar surface area (TPSA) is 57.6 Å². The van der Waals surface area contributed by atoms with Crippen LogP contribution >= 0.6 is 11.3 Å². The highest BCUT2D eigenvalue weighted by molar-refractivity contribution is 7.11. The highest BCUT2D eigenvalue weighted by Gasteiger charge is 2.38. The van der Waals surface area contributed by atoms with Crippen LogP contribution in [0.1, 0.15) is 47.3 Å². The van der Waals surface area contributed by atoms with Crippen molar-refractivity contribution >= 4 is 29.3 Å². The Morgan fingerprint density at radius 2 is 2.10 bits per heavy atom. The minimum atomic E-state index is -0.971. The van der Waals surface area contributed by atoms with Gasteiger partial charge in [-0.2, -0.15) is 0 Å². The molecule has 0 radical (unpaired) electrons. The third-order valence-electron chi connectivity index (χ3n) is 4.53. The number of carbonyl (C=O) groups is 2. The monoisotopic (exact) mass is 305 g/mol. The number of rotatable bonds is 3. The summed E-state index contributed by atoms with van der Waals surface area (Å²) in [6.45, 7) is 0.865. The minimum Gasteiger partial charge on any atom is -0.478 e. The number of carboxylic acids is 1. The lowest BCUT2D eigenvalue weighted by Crippen LogP contribution is -2.39. The van der Waals surface area contributed by atoms with E-state index in [1.807, 2.05) is 10.3 Å². The largest absolute Gasteiger partial charge is 0.478 e. The first-order valence-electron chi connectivity index (χ1n) is 7.45. The fraction of sp³-hybridized carbons (Fsp3) is 0.500. The molecule has 1 amide bonds. The molecule has 1 saturated carbocycles. The Balaban J connectivity index is 1.72. The Kier molecular flexibility index (Phi) is 4.10. The Hall–Kier alpha value is -1.62. The Bertz CT molecular complexity index is 578. The van der Waals surface area contributed by atoms with Gasteiger partial charge in [-0.15, -0.1) is 11.3 Å². The number of carboxylic acid groups (broad SMARTS) is 1. The standard InChI is InChI=1S/C16H19NO3S/c18-15(19)6-5-13-9-12(10-21-13)16(20)17-8-7-11-3-1-2-4-14(11)17/h5-6,9-11,14H,1-4,7-8H2,(H,18,19)/b6-5+. The first-order valence-corrected chi connectivity index (χ1v) is 8.33. The van der Waals surface area contributed by atoms with Crippen LogP contribution in [0.25, 0.3) is 6.08 Å². The van der Waals surface area contributed by atoms with Crippen LogP contribution in [0.15, 0.2) is 17.5 Å². The van der Waals surface area contributed by atoms with Gasteiger partial charge in [0.25, 0.3) is 5.91 Å². The lowest BCUT2D eigenvalue weighted by Gasteiger charge is -2.31. The Labute approximate surface area is 128 Å². The minimum absolute atomic E-state index is 0.107. The van der Waals surface area contributed by atoms with Crippen molar-refractivity contribution < 1.29 is 14.7 Å². The summed E-state index contributed by atoms with van der Waals surface area (Å²) < 4.78 is 0. The van der Waals surface area contributed by atoms with Crippen LogP contribution in [0.4, 0.5) is 0 Å². The maximum atomic E-state index is 12.6. The number of hydrogen-bond donors (Lipinski definition) is 1. The third kappa shape index (κ3) is 3.02. The van der Waals surface area contributed by atoms with E-state index < -0.39 is 5.97 Å². The van der Waals surface area contributed by atoms with Crippen molar-refractivity contribution in [1.82, 2.24) is 4.90 Å². The molecule has 2 fully saturated rings. The van der Waals surface area contributed by atoms with Gasteiger partial charge in [0.05, 0.1) is 5.56 Å². The molecule has 1 aromatic rings. The predicted molar refractivity (Wildman–Crippen MR) is 82.4 cm³/mol. The van der Waals surface area contributed by atoms with Crippen molar-refractivity contribution in [2.24, 2.45) is 5.92 Å². The smallest absolute Gasteiger partial charge is 0.328 e. The molecule has 3 rings (SSSR count). The van der Waals surface area contributed by atoms with Gasteiger partial charge in [0.2, 0.25) is 0 Å². The van der Waals surface area contributed by atoms with Crippen molar-refractivity contribution in [3.8, 4) is 0 Å². The average Bonchev–Trinajstić information content (AvgIpc) is 3.11. The first kappa shape index (κ1) is 14.3. The molecule has 5 heteroatoms. The van der Waals surface area contributed by atoms with Crippen molar-refractivity contribution in [2.45, 2.75) is 38.1 Å². The molecule has 0 bridgehead atoms. The van der Waals surface area contributed by atoms with E-state index in [4.69, 9.17) is 5.11 Å². The zero-order valence-corrected chi connectivity index (χ0v) is 12.6. The van der Waals surface area contributed by atoms with Crippen LogP contribution in [-0.4, -0.2) is 34.5 Å². The van der Waals surface area contributed by atoms with Gasteiger partial charge in [-0.3, -0.25) is 4.79 Å². The van der Waals surface area contributed by atoms with Gasteiger partial charge in [0, 0.05) is 28.9 Å². The summed E-state index contributed by atoms with van der Waals surface area (Å²) in [5, 5.41) is 10.5. The second kappa shape index (κ2) is 6.02. The van der Waals surface area contributed by atoms with Crippen LogP contribution in [0.2, 0.25) is 0 Å². The van der Waals surface area contributed by atoms with Gasteiger partial charge in [-0.1, -0.05) is 12.8 Å². The third-order valence-corrected chi connectivity index (χ3v) is 5.43. The highest BCUT2D eigenvalue weighted by atomic mass is 32.1. The predicted octanol–water partition coefficient (Wildman–Crippen LogP) is 3.25. The van der Waals surface area contributed by atoms with Crippen LogP contribution in [0, 0.1) is 5.92 Å². The Morgan fingerprint density at radius 3 is 2.90 bits per heavy atom. The van der Waals surface area contributed by atoms with Gasteiger partial charge in [0.1, 0.15) is 0 Å². The summed E-state index contributed by atoms with van der Waals surface area (Å²) in [7, 11) is 0. The summed E-state index contributed by atoms with van der Waals surface area (Å²) in [6, 6.07) is 2.21. The van der Waals surface area contributed by atoms with Crippen molar-refractivity contribution in [3.63, 3.8) is 0 Å². The van der Waals surface area contributed by atoms with Gasteiger partial charge >= 0.3 is 5.97 Å². The molecule has 2 heterocycles. The van der Waals surface area contributed by atoms with E-state index in [0.29, 0.717) is 17.5 Å². The first-order chi connectivity index (χ1) is 10.1. The zero-order chi connectivity index (χ0) is 14.8. The highest BCUT2D eigenvalue weighted by Crippen LogP contribution is 2.37. The molecule has 0 aromatic carbocycles. The van der Waals surface area contributed by atoms with Crippen LogP contribution in [0.3, 0.4) is 0 Å². The molecule has 2 unspecified atom stereocenters. The molecule has 21 heavy (non-hydrogen) atoms. The molecule has 2 atom stereocenters. The fourth-order valence-corrected chi connectivity index (χ4v) is 4.30. The molecule has 4 nitrogen and oxygen atoms in total. The van der Waals surface area contributed by atoms with E-state index in [-0.39, 0.29) is 5.91 Å². The number of fused-ring (bicyclic) bond motifs is 1. The summed E-state index contributed by atoms with van der Waals surface area (Å²) in [6.07, 6.45) is 8.68. The van der Waals surface area contributed by atoms with E-state index in [2.05, 4.69) is 0 Å². The van der Waals surface area contributed by atoms with Crippen LogP contribution in [0.5, 0.6) is 0 Å². The molecule has 1 aromatic heterocycles. The molecule has 1 aliphatic carbocycles. The molecule has 1 N–H and O–H groups in total. The van der Waals surface area contributed by atoms with E-state index in [1.54, 1.807) is 6.07 Å².